The first-order valence-corrected chi connectivity index (χ1v) is 12.8. The Kier molecular flexibility index (Phi) is 9.43. The summed E-state index contributed by atoms with van der Waals surface area (Å²) in [5.41, 5.74) is -0.114. The molecule has 0 atom stereocenters. The van der Waals surface area contributed by atoms with Crippen molar-refractivity contribution in [2.75, 3.05) is 12.4 Å². The van der Waals surface area contributed by atoms with Gasteiger partial charge in [0.2, 0.25) is 0 Å². The van der Waals surface area contributed by atoms with Gasteiger partial charge in [-0.15, -0.1) is 5.11 Å². The molecule has 1 amide bonds. The number of halogens is 2. The maximum atomic E-state index is 13.4. The van der Waals surface area contributed by atoms with Gasteiger partial charge in [-0.25, -0.2) is 0 Å². The van der Waals surface area contributed by atoms with Crippen molar-refractivity contribution >= 4 is 67.1 Å². The zero-order chi connectivity index (χ0) is 26.9. The number of ether oxygens (including phenoxy) is 1. The van der Waals surface area contributed by atoms with Crippen LogP contribution in [0.2, 0.25) is 10.0 Å². The Morgan fingerprint density at radius 1 is 1.03 bits per heavy atom. The van der Waals surface area contributed by atoms with Crippen LogP contribution in [0.1, 0.15) is 15.9 Å². The first kappa shape index (κ1) is 29.9. The fourth-order valence-corrected chi connectivity index (χ4v) is 4.97. The molecule has 4 aromatic carbocycles. The summed E-state index contributed by atoms with van der Waals surface area (Å²) < 4.78 is 38.6. The van der Waals surface area contributed by atoms with E-state index in [1.165, 1.54) is 26.2 Å². The van der Waals surface area contributed by atoms with Gasteiger partial charge in [0.15, 0.2) is 0 Å². The average molecular weight is 582 g/mol. The van der Waals surface area contributed by atoms with Crippen molar-refractivity contribution in [3.63, 3.8) is 0 Å². The van der Waals surface area contributed by atoms with Crippen LogP contribution in [-0.2, 0) is 10.1 Å². The van der Waals surface area contributed by atoms with E-state index in [0.717, 1.165) is 6.07 Å². The molecule has 0 saturated carbocycles. The van der Waals surface area contributed by atoms with Gasteiger partial charge in [0.05, 0.1) is 18.5 Å². The molecule has 0 radical (unpaired) electrons. The predicted molar refractivity (Wildman–Crippen MR) is 140 cm³/mol. The molecule has 0 aromatic heterocycles. The summed E-state index contributed by atoms with van der Waals surface area (Å²) in [6.45, 7) is 1.52. The molecule has 13 heteroatoms. The van der Waals surface area contributed by atoms with Crippen LogP contribution in [0.15, 0.2) is 75.8 Å². The fourth-order valence-electron chi connectivity index (χ4n) is 3.66. The average Bonchev–Trinajstić information content (AvgIpc) is 2.84. The molecule has 0 unspecified atom stereocenters. The number of carbonyl (C=O) groups is 1. The van der Waals surface area contributed by atoms with E-state index in [4.69, 9.17) is 27.9 Å². The Bertz CT molecular complexity index is 1700. The molecule has 4 rings (SSSR count). The molecule has 0 aliphatic rings. The Morgan fingerprint density at radius 3 is 2.39 bits per heavy atom. The normalized spacial score (nSPS) is 11.4. The zero-order valence-electron chi connectivity index (χ0n) is 20.3. The zero-order valence-corrected chi connectivity index (χ0v) is 24.6. The molecule has 38 heavy (non-hydrogen) atoms. The van der Waals surface area contributed by atoms with E-state index in [9.17, 15) is 22.9 Å². The molecular weight excluding hydrogens is 564 g/mol. The second kappa shape index (κ2) is 12.0. The Balaban J connectivity index is 0.00000400. The summed E-state index contributed by atoms with van der Waals surface area (Å²) in [6.07, 6.45) is 0. The van der Waals surface area contributed by atoms with Gasteiger partial charge in [-0.3, -0.25) is 9.35 Å². The SMILES string of the molecule is COc1cccc(NC(=O)c2cc3ccccc3c(N=Nc3c(C)cc(Cl)cc3S(=O)(=O)O)c2[O-])c1Cl.[Na+]. The maximum absolute atomic E-state index is 13.4. The van der Waals surface area contributed by atoms with E-state index in [2.05, 4.69) is 15.5 Å². The van der Waals surface area contributed by atoms with Crippen molar-refractivity contribution in [3.8, 4) is 11.5 Å². The van der Waals surface area contributed by atoms with Crippen LogP contribution in [0, 0.1) is 6.92 Å². The summed E-state index contributed by atoms with van der Waals surface area (Å²) in [5.74, 6) is -1.16. The van der Waals surface area contributed by atoms with E-state index < -0.39 is 26.7 Å². The number of nitrogens with zero attached hydrogens (tertiary/aromatic N) is 2. The van der Waals surface area contributed by atoms with Crippen LogP contribution in [0.3, 0.4) is 0 Å². The Labute approximate surface area is 250 Å². The van der Waals surface area contributed by atoms with Gasteiger partial charge >= 0.3 is 29.6 Å². The molecule has 0 spiro atoms. The third-order valence-electron chi connectivity index (χ3n) is 5.41. The number of nitrogens with one attached hydrogen (secondary N) is 1. The number of benzene rings is 4. The molecular formula is C25H18Cl2N3NaO6S. The topological polar surface area (TPSA) is 140 Å². The predicted octanol–water partition coefficient (Wildman–Crippen LogP) is 3.46. The second-order valence-corrected chi connectivity index (χ2v) is 10.0. The second-order valence-electron chi connectivity index (χ2n) is 7.84. The van der Waals surface area contributed by atoms with Crippen molar-refractivity contribution in [1.29, 1.82) is 0 Å². The van der Waals surface area contributed by atoms with Crippen LogP contribution < -0.4 is 44.7 Å². The molecule has 2 N–H and O–H groups in total. The molecule has 190 valence electrons. The van der Waals surface area contributed by atoms with Crippen molar-refractivity contribution in [2.24, 2.45) is 10.2 Å². The monoisotopic (exact) mass is 581 g/mol. The molecule has 0 bridgehead atoms. The standard InChI is InChI=1S/C25H19Cl2N3O6S.Na/c1-13-10-15(26)12-20(37(33,34)35)22(13)29-30-23-16-7-4-3-6-14(16)11-17(24(23)31)25(32)28-18-8-5-9-19(36-2)21(18)27;/h3-12,31H,1-2H3,(H,28,32)(H,33,34,35);/q;+1/p-1. The molecule has 0 aliphatic carbocycles. The van der Waals surface area contributed by atoms with Gasteiger partial charge < -0.3 is 15.2 Å². The number of azo groups is 1. The van der Waals surface area contributed by atoms with Gasteiger partial charge in [0.25, 0.3) is 16.0 Å². The molecule has 0 saturated heterocycles. The van der Waals surface area contributed by atoms with Crippen LogP contribution in [0.5, 0.6) is 11.5 Å². The smallest absolute Gasteiger partial charge is 0.870 e. The minimum Gasteiger partial charge on any atom is -0.870 e. The molecule has 4 aromatic rings. The Hall–Kier alpha value is -2.70. The van der Waals surface area contributed by atoms with Crippen LogP contribution in [0.4, 0.5) is 17.1 Å². The van der Waals surface area contributed by atoms with Crippen molar-refractivity contribution < 1.29 is 57.2 Å². The number of aryl methyl sites for hydroxylation is 1. The van der Waals surface area contributed by atoms with Gasteiger partial charge in [-0.1, -0.05) is 59.3 Å². The number of carbonyl (C=O) groups excluding carboxylic acids is 1. The number of hydrogen-bond acceptors (Lipinski definition) is 7. The van der Waals surface area contributed by atoms with Gasteiger partial charge in [0, 0.05) is 16.0 Å². The molecule has 9 nitrogen and oxygen atoms in total. The van der Waals surface area contributed by atoms with Crippen molar-refractivity contribution in [1.82, 2.24) is 0 Å². The quantitative estimate of drug-likeness (QED) is 0.203. The molecule has 0 fully saturated rings. The number of rotatable bonds is 6. The fraction of sp³-hybridized carbons (Fsp3) is 0.0800. The number of hydrogen-bond donors (Lipinski definition) is 2. The molecule has 0 aliphatic heterocycles. The van der Waals surface area contributed by atoms with Crippen LogP contribution in [0.25, 0.3) is 10.8 Å². The van der Waals surface area contributed by atoms with E-state index >= 15 is 0 Å². The maximum Gasteiger partial charge on any atom is 1.00 e. The summed E-state index contributed by atoms with van der Waals surface area (Å²) >= 11 is 12.2. The number of amides is 1. The van der Waals surface area contributed by atoms with Crippen molar-refractivity contribution in [3.05, 3.63) is 81.8 Å². The Morgan fingerprint density at radius 2 is 1.71 bits per heavy atom. The first-order chi connectivity index (χ1) is 17.5. The number of methoxy groups -OCH3 is 1. The van der Waals surface area contributed by atoms with Gasteiger partial charge in [-0.2, -0.15) is 13.5 Å². The van der Waals surface area contributed by atoms with E-state index in [1.54, 1.807) is 42.5 Å². The minimum atomic E-state index is -4.70. The van der Waals surface area contributed by atoms with Gasteiger partial charge in [0.1, 0.15) is 21.4 Å². The van der Waals surface area contributed by atoms with Crippen LogP contribution in [-0.4, -0.2) is 26.0 Å². The number of anilines is 1. The summed E-state index contributed by atoms with van der Waals surface area (Å²) in [6, 6.07) is 15.3. The largest absolute Gasteiger partial charge is 1.00 e. The summed E-state index contributed by atoms with van der Waals surface area (Å²) in [5, 5.41) is 25.1. The first-order valence-electron chi connectivity index (χ1n) is 10.6. The van der Waals surface area contributed by atoms with E-state index in [-0.39, 0.29) is 62.2 Å². The van der Waals surface area contributed by atoms with E-state index in [1.807, 2.05) is 0 Å². The van der Waals surface area contributed by atoms with Crippen molar-refractivity contribution in [2.45, 2.75) is 11.8 Å². The number of fused-ring (bicyclic) bond motifs is 1. The van der Waals surface area contributed by atoms with E-state index in [0.29, 0.717) is 22.1 Å². The third kappa shape index (κ3) is 6.13. The summed E-state index contributed by atoms with van der Waals surface area (Å²) in [7, 11) is -3.28. The summed E-state index contributed by atoms with van der Waals surface area (Å²) in [4.78, 5) is 12.6. The molecule has 0 heterocycles. The van der Waals surface area contributed by atoms with Gasteiger partial charge in [-0.05, 0) is 48.2 Å². The third-order valence-corrected chi connectivity index (χ3v) is 6.88. The van der Waals surface area contributed by atoms with Crippen LogP contribution >= 0.6 is 23.2 Å². The minimum absolute atomic E-state index is 0.